The Labute approximate surface area is 107 Å². The molecule has 98 valence electrons. The van der Waals surface area contributed by atoms with E-state index in [2.05, 4.69) is 11.8 Å². The average molecular weight is 249 g/mol. The van der Waals surface area contributed by atoms with E-state index in [1.54, 1.807) is 19.1 Å². The molecule has 0 saturated carbocycles. The number of nitro groups is 1. The SMILES string of the molecule is Cc1cc([N+](=O)[O-])c(N2CCCC[C@@H]2C)cc1N. The Kier molecular flexibility index (Phi) is 3.41. The monoisotopic (exact) mass is 249 g/mol. The standard InChI is InChI=1S/C13H19N3O2/c1-9-7-13(16(17)18)12(8-11(9)14)15-6-4-3-5-10(15)2/h7-8,10H,3-6,14H2,1-2H3/t10-/m0/s1. The second kappa shape index (κ2) is 4.84. The number of benzene rings is 1. The second-order valence-corrected chi connectivity index (χ2v) is 4.99. The van der Waals surface area contributed by atoms with Crippen molar-refractivity contribution in [3.05, 3.63) is 27.8 Å². The number of nitrogen functional groups attached to an aromatic ring is 1. The molecule has 1 saturated heterocycles. The minimum absolute atomic E-state index is 0.162. The summed E-state index contributed by atoms with van der Waals surface area (Å²) in [5.41, 5.74) is 8.10. The molecule has 5 heteroatoms. The van der Waals surface area contributed by atoms with E-state index in [9.17, 15) is 10.1 Å². The molecule has 2 N–H and O–H groups in total. The van der Waals surface area contributed by atoms with Crippen molar-refractivity contribution < 1.29 is 4.92 Å². The van der Waals surface area contributed by atoms with Gasteiger partial charge < -0.3 is 10.6 Å². The van der Waals surface area contributed by atoms with Crippen LogP contribution < -0.4 is 10.6 Å². The van der Waals surface area contributed by atoms with E-state index < -0.39 is 0 Å². The highest BCUT2D eigenvalue weighted by Crippen LogP contribution is 2.35. The number of anilines is 2. The summed E-state index contributed by atoms with van der Waals surface area (Å²) >= 11 is 0. The highest BCUT2D eigenvalue weighted by Gasteiger charge is 2.26. The van der Waals surface area contributed by atoms with Gasteiger partial charge in [0.1, 0.15) is 5.69 Å². The van der Waals surface area contributed by atoms with Crippen molar-refractivity contribution in [3.8, 4) is 0 Å². The van der Waals surface area contributed by atoms with Crippen molar-refractivity contribution in [2.45, 2.75) is 39.2 Å². The van der Waals surface area contributed by atoms with Crippen LogP contribution in [0, 0.1) is 17.0 Å². The van der Waals surface area contributed by atoms with Gasteiger partial charge in [0.25, 0.3) is 5.69 Å². The van der Waals surface area contributed by atoms with Gasteiger partial charge in [0.05, 0.1) is 4.92 Å². The molecule has 0 aliphatic carbocycles. The Morgan fingerprint density at radius 2 is 2.17 bits per heavy atom. The summed E-state index contributed by atoms with van der Waals surface area (Å²) in [7, 11) is 0. The zero-order chi connectivity index (χ0) is 13.3. The van der Waals surface area contributed by atoms with Crippen LogP contribution in [0.15, 0.2) is 12.1 Å². The molecular weight excluding hydrogens is 230 g/mol. The van der Waals surface area contributed by atoms with E-state index in [0.717, 1.165) is 24.9 Å². The minimum atomic E-state index is -0.316. The van der Waals surface area contributed by atoms with Crippen molar-refractivity contribution in [2.24, 2.45) is 0 Å². The number of rotatable bonds is 2. The van der Waals surface area contributed by atoms with Crippen molar-refractivity contribution in [1.29, 1.82) is 0 Å². The maximum atomic E-state index is 11.2. The molecular formula is C13H19N3O2. The number of nitrogens with two attached hydrogens (primary N) is 1. The van der Waals surface area contributed by atoms with Crippen molar-refractivity contribution in [1.82, 2.24) is 0 Å². The summed E-state index contributed by atoms with van der Waals surface area (Å²) in [6.45, 7) is 4.77. The molecule has 2 rings (SSSR count). The molecule has 0 radical (unpaired) electrons. The number of hydrogen-bond donors (Lipinski definition) is 1. The van der Waals surface area contributed by atoms with E-state index in [0.29, 0.717) is 17.4 Å². The van der Waals surface area contributed by atoms with Crippen LogP contribution in [0.4, 0.5) is 17.1 Å². The van der Waals surface area contributed by atoms with Gasteiger partial charge >= 0.3 is 0 Å². The first kappa shape index (κ1) is 12.7. The Balaban J connectivity index is 2.47. The van der Waals surface area contributed by atoms with Crippen LogP contribution in [0.3, 0.4) is 0 Å². The van der Waals surface area contributed by atoms with Gasteiger partial charge in [-0.05, 0) is 44.7 Å². The first-order valence-corrected chi connectivity index (χ1v) is 6.32. The van der Waals surface area contributed by atoms with E-state index in [1.165, 1.54) is 6.42 Å². The first-order chi connectivity index (χ1) is 8.50. The summed E-state index contributed by atoms with van der Waals surface area (Å²) in [6, 6.07) is 3.65. The molecule has 1 aliphatic heterocycles. The molecule has 0 bridgehead atoms. The summed E-state index contributed by atoms with van der Waals surface area (Å²) < 4.78 is 0. The van der Waals surface area contributed by atoms with Gasteiger partial charge in [-0.1, -0.05) is 0 Å². The second-order valence-electron chi connectivity index (χ2n) is 4.99. The lowest BCUT2D eigenvalue weighted by Crippen LogP contribution is -2.37. The van der Waals surface area contributed by atoms with E-state index >= 15 is 0 Å². The molecule has 1 aliphatic rings. The van der Waals surface area contributed by atoms with Crippen LogP contribution in [-0.2, 0) is 0 Å². The number of piperidine rings is 1. The predicted molar refractivity (Wildman–Crippen MR) is 72.9 cm³/mol. The van der Waals surface area contributed by atoms with E-state index in [1.807, 2.05) is 0 Å². The van der Waals surface area contributed by atoms with Gasteiger partial charge in [-0.3, -0.25) is 10.1 Å². The molecule has 1 aromatic rings. The minimum Gasteiger partial charge on any atom is -0.398 e. The Bertz CT molecular complexity index is 474. The summed E-state index contributed by atoms with van der Waals surface area (Å²) in [6.07, 6.45) is 3.34. The molecule has 18 heavy (non-hydrogen) atoms. The summed E-state index contributed by atoms with van der Waals surface area (Å²) in [5, 5.41) is 11.2. The van der Waals surface area contributed by atoms with E-state index in [-0.39, 0.29) is 10.6 Å². The van der Waals surface area contributed by atoms with Gasteiger partial charge in [-0.15, -0.1) is 0 Å². The molecule has 0 spiro atoms. The molecule has 1 heterocycles. The summed E-state index contributed by atoms with van der Waals surface area (Å²) in [4.78, 5) is 13.0. The van der Waals surface area contributed by atoms with Crippen LogP contribution in [0.1, 0.15) is 31.7 Å². The molecule has 1 fully saturated rings. The number of nitrogens with zero attached hydrogens (tertiary/aromatic N) is 2. The van der Waals surface area contributed by atoms with Crippen LogP contribution in [0.2, 0.25) is 0 Å². The smallest absolute Gasteiger partial charge is 0.292 e. The predicted octanol–water partition coefficient (Wildman–Crippen LogP) is 2.86. The lowest BCUT2D eigenvalue weighted by molar-refractivity contribution is -0.384. The third-order valence-corrected chi connectivity index (χ3v) is 3.67. The Morgan fingerprint density at radius 1 is 1.44 bits per heavy atom. The molecule has 5 nitrogen and oxygen atoms in total. The lowest BCUT2D eigenvalue weighted by atomic mass is 10.0. The normalized spacial score (nSPS) is 19.9. The zero-order valence-corrected chi connectivity index (χ0v) is 10.8. The van der Waals surface area contributed by atoms with Crippen molar-refractivity contribution >= 4 is 17.1 Å². The zero-order valence-electron chi connectivity index (χ0n) is 10.8. The van der Waals surface area contributed by atoms with Crippen LogP contribution in [0.25, 0.3) is 0 Å². The fourth-order valence-electron chi connectivity index (χ4n) is 2.53. The Morgan fingerprint density at radius 3 is 2.78 bits per heavy atom. The van der Waals surface area contributed by atoms with Crippen LogP contribution in [0.5, 0.6) is 0 Å². The third-order valence-electron chi connectivity index (χ3n) is 3.67. The van der Waals surface area contributed by atoms with Gasteiger partial charge in [0, 0.05) is 24.3 Å². The maximum Gasteiger partial charge on any atom is 0.292 e. The van der Waals surface area contributed by atoms with Gasteiger partial charge in [-0.25, -0.2) is 0 Å². The van der Waals surface area contributed by atoms with E-state index in [4.69, 9.17) is 5.73 Å². The fraction of sp³-hybridized carbons (Fsp3) is 0.538. The van der Waals surface area contributed by atoms with Crippen molar-refractivity contribution in [3.63, 3.8) is 0 Å². The highest BCUT2D eigenvalue weighted by atomic mass is 16.6. The van der Waals surface area contributed by atoms with Gasteiger partial charge in [0.2, 0.25) is 0 Å². The molecule has 0 unspecified atom stereocenters. The first-order valence-electron chi connectivity index (χ1n) is 6.32. The number of nitro benzene ring substituents is 1. The third kappa shape index (κ3) is 2.25. The average Bonchev–Trinajstić information content (AvgIpc) is 2.32. The topological polar surface area (TPSA) is 72.4 Å². The highest BCUT2D eigenvalue weighted by molar-refractivity contribution is 5.71. The lowest BCUT2D eigenvalue weighted by Gasteiger charge is -2.35. The quantitative estimate of drug-likeness (QED) is 0.497. The fourth-order valence-corrected chi connectivity index (χ4v) is 2.53. The van der Waals surface area contributed by atoms with Crippen LogP contribution >= 0.6 is 0 Å². The van der Waals surface area contributed by atoms with Crippen LogP contribution in [-0.4, -0.2) is 17.5 Å². The summed E-state index contributed by atoms with van der Waals surface area (Å²) in [5.74, 6) is 0. The van der Waals surface area contributed by atoms with Crippen molar-refractivity contribution in [2.75, 3.05) is 17.2 Å². The molecule has 0 amide bonds. The number of aryl methyl sites for hydroxylation is 1. The maximum absolute atomic E-state index is 11.2. The molecule has 1 atom stereocenters. The largest absolute Gasteiger partial charge is 0.398 e. The molecule has 1 aromatic carbocycles. The molecule has 0 aromatic heterocycles. The number of hydrogen-bond acceptors (Lipinski definition) is 4. The van der Waals surface area contributed by atoms with Gasteiger partial charge in [0.15, 0.2) is 0 Å². The Hall–Kier alpha value is -1.78. The van der Waals surface area contributed by atoms with Gasteiger partial charge in [-0.2, -0.15) is 0 Å².